The van der Waals surface area contributed by atoms with Gasteiger partial charge < -0.3 is 39.1 Å². The van der Waals surface area contributed by atoms with Gasteiger partial charge in [0.2, 0.25) is 5.60 Å². The number of amides is 2. The van der Waals surface area contributed by atoms with E-state index < -0.39 is 64.7 Å². The zero-order valence-electron chi connectivity index (χ0n) is 28.9. The normalized spacial score (nSPS) is 20.9. The average Bonchev–Trinajstić information content (AvgIpc) is 3.13. The van der Waals surface area contributed by atoms with Crippen molar-refractivity contribution in [2.75, 3.05) is 57.9 Å². The lowest BCUT2D eigenvalue weighted by Gasteiger charge is -2.52. The van der Waals surface area contributed by atoms with Crippen molar-refractivity contribution < 1.29 is 60.4 Å². The molecule has 2 aliphatic heterocycles. The van der Waals surface area contributed by atoms with Crippen molar-refractivity contribution in [3.8, 4) is 11.5 Å². The maximum absolute atomic E-state index is 14.9. The zero-order chi connectivity index (χ0) is 38.6. The number of ether oxygens (including phenoxy) is 3. The van der Waals surface area contributed by atoms with Crippen LogP contribution in [-0.2, 0) is 21.9 Å². The Bertz CT molecular complexity index is 1720. The lowest BCUT2D eigenvalue weighted by molar-refractivity contribution is -0.171. The third kappa shape index (κ3) is 8.63. The summed E-state index contributed by atoms with van der Waals surface area (Å²) in [5.74, 6) is -1.66. The summed E-state index contributed by atoms with van der Waals surface area (Å²) in [6.45, 7) is 2.29. The summed E-state index contributed by atoms with van der Waals surface area (Å²) in [5.41, 5.74) is -4.70. The highest BCUT2D eigenvalue weighted by Crippen LogP contribution is 2.41. The number of carbonyl (C=O) groups is 2. The van der Waals surface area contributed by atoms with Crippen molar-refractivity contribution in [2.45, 2.75) is 56.0 Å². The Kier molecular flexibility index (Phi) is 12.1. The third-order valence-electron chi connectivity index (χ3n) is 9.36. The number of aromatic nitrogens is 1. The lowest BCUT2D eigenvalue weighted by atomic mass is 9.77. The number of benzene rings is 2. The maximum atomic E-state index is 14.9. The molecule has 2 N–H and O–H groups in total. The van der Waals surface area contributed by atoms with Crippen molar-refractivity contribution in [1.82, 2.24) is 14.8 Å². The van der Waals surface area contributed by atoms with Gasteiger partial charge in [-0.25, -0.2) is 0 Å². The van der Waals surface area contributed by atoms with E-state index in [0.717, 1.165) is 47.2 Å². The summed E-state index contributed by atoms with van der Waals surface area (Å²) in [7, 11) is 1.55. The summed E-state index contributed by atoms with van der Waals surface area (Å²) < 4.78 is 99.8. The van der Waals surface area contributed by atoms with Crippen LogP contribution in [0.1, 0.15) is 41.3 Å². The molecular formula is C36H40F6N4O7. The van der Waals surface area contributed by atoms with Crippen molar-refractivity contribution >= 4 is 17.5 Å². The predicted molar refractivity (Wildman–Crippen MR) is 178 cm³/mol. The Labute approximate surface area is 301 Å². The van der Waals surface area contributed by atoms with E-state index >= 15 is 0 Å². The van der Waals surface area contributed by atoms with Crippen LogP contribution in [0.15, 0.2) is 67.0 Å². The molecule has 0 saturated carbocycles. The smallest absolute Gasteiger partial charge is 0.417 e. The Morgan fingerprint density at radius 3 is 2.23 bits per heavy atom. The minimum Gasteiger partial charge on any atom is -0.489 e. The minimum atomic E-state index is -4.97. The minimum absolute atomic E-state index is 0.0189. The van der Waals surface area contributed by atoms with E-state index in [1.165, 1.54) is 11.8 Å². The fourth-order valence-electron chi connectivity index (χ4n) is 6.77. The topological polar surface area (TPSA) is 125 Å². The van der Waals surface area contributed by atoms with Gasteiger partial charge in [0.1, 0.15) is 30.3 Å². The number of methoxy groups -OCH3 is 1. The number of anilines is 1. The molecule has 2 fully saturated rings. The highest BCUT2D eigenvalue weighted by atomic mass is 19.4. The number of para-hydroxylation sites is 2. The van der Waals surface area contributed by atoms with Crippen LogP contribution in [0.5, 0.6) is 11.5 Å². The number of hydrogen-bond acceptors (Lipinski definition) is 9. The molecule has 4 atom stereocenters. The first-order valence-electron chi connectivity index (χ1n) is 16.9. The molecule has 1 aromatic heterocycles. The van der Waals surface area contributed by atoms with Crippen molar-refractivity contribution in [3.05, 3.63) is 83.7 Å². The number of piperidine rings is 1. The summed E-state index contributed by atoms with van der Waals surface area (Å²) in [4.78, 5) is 36.9. The number of hydrogen-bond donors (Lipinski definition) is 2. The van der Waals surface area contributed by atoms with Gasteiger partial charge in [-0.3, -0.25) is 14.6 Å². The molecule has 0 aliphatic carbocycles. The first-order chi connectivity index (χ1) is 25.1. The third-order valence-corrected chi connectivity index (χ3v) is 9.36. The molecule has 2 aromatic carbocycles. The molecule has 3 heterocycles. The van der Waals surface area contributed by atoms with Crippen LogP contribution in [0.25, 0.3) is 0 Å². The highest BCUT2D eigenvalue weighted by Gasteiger charge is 2.59. The number of halogens is 6. The molecule has 53 heavy (non-hydrogen) atoms. The van der Waals surface area contributed by atoms with Crippen LogP contribution < -0.4 is 14.4 Å². The van der Waals surface area contributed by atoms with Gasteiger partial charge in [0.05, 0.1) is 35.1 Å². The second kappa shape index (κ2) is 16.2. The van der Waals surface area contributed by atoms with Crippen LogP contribution >= 0.6 is 0 Å². The summed E-state index contributed by atoms with van der Waals surface area (Å²) in [5, 5.41) is 22.3. The molecule has 288 valence electrons. The van der Waals surface area contributed by atoms with Gasteiger partial charge in [0, 0.05) is 58.6 Å². The number of piperazine rings is 1. The van der Waals surface area contributed by atoms with E-state index in [2.05, 4.69) is 4.98 Å². The second-order valence-electron chi connectivity index (χ2n) is 12.8. The Morgan fingerprint density at radius 2 is 1.60 bits per heavy atom. The number of rotatable bonds is 11. The van der Waals surface area contributed by atoms with E-state index in [1.54, 1.807) is 19.2 Å². The predicted octanol–water partition coefficient (Wildman–Crippen LogP) is 4.66. The van der Waals surface area contributed by atoms with E-state index in [4.69, 9.17) is 14.2 Å². The lowest BCUT2D eigenvalue weighted by Crippen LogP contribution is -2.73. The number of aliphatic hydroxyl groups excluding tert-OH is 2. The molecule has 0 radical (unpaired) electrons. The zero-order valence-corrected chi connectivity index (χ0v) is 28.9. The Balaban J connectivity index is 1.54. The largest absolute Gasteiger partial charge is 0.489 e. The monoisotopic (exact) mass is 754 g/mol. The van der Waals surface area contributed by atoms with Gasteiger partial charge in [-0.15, -0.1) is 0 Å². The van der Waals surface area contributed by atoms with Gasteiger partial charge >= 0.3 is 12.4 Å². The van der Waals surface area contributed by atoms with Crippen LogP contribution in [0.4, 0.5) is 32.0 Å². The second-order valence-corrected chi connectivity index (χ2v) is 12.8. The number of likely N-dealkylation sites (tertiary alicyclic amines) is 1. The van der Waals surface area contributed by atoms with Crippen molar-refractivity contribution in [3.63, 3.8) is 0 Å². The summed E-state index contributed by atoms with van der Waals surface area (Å²) in [6.07, 6.45) is -11.9. The van der Waals surface area contributed by atoms with Gasteiger partial charge in [0.25, 0.3) is 11.8 Å². The molecule has 5 rings (SSSR count). The number of nitrogens with zero attached hydrogens (tertiary/aromatic N) is 4. The molecule has 17 heteroatoms. The summed E-state index contributed by atoms with van der Waals surface area (Å²) >= 11 is 0. The van der Waals surface area contributed by atoms with E-state index in [9.17, 15) is 46.1 Å². The summed E-state index contributed by atoms with van der Waals surface area (Å²) in [6, 6.07) is 9.51. The van der Waals surface area contributed by atoms with E-state index in [-0.39, 0.29) is 51.3 Å². The van der Waals surface area contributed by atoms with Crippen LogP contribution in [0.2, 0.25) is 0 Å². The number of aliphatic hydroxyl groups is 2. The average molecular weight is 755 g/mol. The molecular weight excluding hydrogens is 714 g/mol. The first kappa shape index (κ1) is 39.6. The van der Waals surface area contributed by atoms with Crippen molar-refractivity contribution in [1.29, 1.82) is 0 Å². The fourth-order valence-corrected chi connectivity index (χ4v) is 6.77. The molecule has 0 bridgehead atoms. The van der Waals surface area contributed by atoms with Gasteiger partial charge in [-0.2, -0.15) is 26.3 Å². The number of pyridine rings is 1. The molecule has 2 aliphatic rings. The van der Waals surface area contributed by atoms with Crippen LogP contribution in [0, 0.1) is 0 Å². The number of alkyl halides is 6. The van der Waals surface area contributed by atoms with Crippen LogP contribution in [0.3, 0.4) is 0 Å². The van der Waals surface area contributed by atoms with Crippen LogP contribution in [-0.4, -0.2) is 114 Å². The molecule has 0 spiro atoms. The SMILES string of the molecule is COCCOc1ccccc1N1CCN(C(=O)[C@]2(Oc3ccc(C(F)(F)F)cc3)CCCN(C(=O)c3cnccc3C(F)(F)F)C2[C@H](O)C(C)O)CC1. The first-order valence-corrected chi connectivity index (χ1v) is 16.9. The standard InChI is InChI=1S/C36H40F6N4O7/c1-23(47)30(48)31-34(53-25-10-8-24(9-11-25)35(37,38)39,13-5-15-46(31)32(49)26-22-43-14-12-27(26)36(40,41)42)33(50)45-18-16-44(17-19-45)28-6-3-4-7-29(28)52-21-20-51-2/h3-4,6-12,14,22-23,30-31,47-48H,5,13,15-21H2,1-2H3/t23?,30-,31?,34+/m1/s1. The molecule has 2 unspecified atom stereocenters. The Morgan fingerprint density at radius 1 is 0.925 bits per heavy atom. The quantitative estimate of drug-likeness (QED) is 0.213. The molecule has 11 nitrogen and oxygen atoms in total. The maximum Gasteiger partial charge on any atom is 0.417 e. The van der Waals surface area contributed by atoms with Gasteiger partial charge in [0.15, 0.2) is 0 Å². The number of carbonyl (C=O) groups excluding carboxylic acids is 2. The molecule has 3 aromatic rings. The van der Waals surface area contributed by atoms with E-state index in [1.807, 2.05) is 17.0 Å². The van der Waals surface area contributed by atoms with Gasteiger partial charge in [-0.05, 0) is 55.8 Å². The molecule has 2 amide bonds. The van der Waals surface area contributed by atoms with Gasteiger partial charge in [-0.1, -0.05) is 12.1 Å². The van der Waals surface area contributed by atoms with Crippen molar-refractivity contribution in [2.24, 2.45) is 0 Å². The van der Waals surface area contributed by atoms with E-state index in [0.29, 0.717) is 25.0 Å². The Hall–Kier alpha value is -4.61. The molecule has 2 saturated heterocycles. The highest BCUT2D eigenvalue weighted by molar-refractivity contribution is 5.97. The fraction of sp³-hybridized carbons (Fsp3) is 0.472.